The first kappa shape index (κ1) is 10.5. The highest BCUT2D eigenvalue weighted by Crippen LogP contribution is 2.27. The molecule has 1 aliphatic heterocycles. The molecular weight excluding hydrogens is 166 g/mol. The number of carbonyl (C=O) groups excluding carboxylic acids is 1. The molecule has 0 aromatic carbocycles. The van der Waals surface area contributed by atoms with Crippen LogP contribution in [0.4, 0.5) is 0 Å². The zero-order valence-electron chi connectivity index (χ0n) is 8.72. The summed E-state index contributed by atoms with van der Waals surface area (Å²) < 4.78 is 4.84. The van der Waals surface area contributed by atoms with Gasteiger partial charge in [-0.15, -0.1) is 0 Å². The monoisotopic (exact) mass is 185 g/mol. The van der Waals surface area contributed by atoms with Gasteiger partial charge in [0.1, 0.15) is 5.54 Å². The molecule has 0 radical (unpaired) electrons. The van der Waals surface area contributed by atoms with Crippen LogP contribution in [0.1, 0.15) is 33.1 Å². The van der Waals surface area contributed by atoms with E-state index in [1.807, 2.05) is 0 Å². The van der Waals surface area contributed by atoms with Gasteiger partial charge in [-0.2, -0.15) is 0 Å². The minimum atomic E-state index is -0.386. The molecule has 0 saturated carbocycles. The van der Waals surface area contributed by atoms with Gasteiger partial charge in [0.05, 0.1) is 7.11 Å². The summed E-state index contributed by atoms with van der Waals surface area (Å²) in [7, 11) is 1.46. The predicted octanol–water partition coefficient (Wildman–Crippen LogP) is 1.33. The fourth-order valence-corrected chi connectivity index (χ4v) is 2.13. The largest absolute Gasteiger partial charge is 0.468 e. The summed E-state index contributed by atoms with van der Waals surface area (Å²) in [5.41, 5.74) is -0.386. The Kier molecular flexibility index (Phi) is 3.31. The van der Waals surface area contributed by atoms with E-state index in [4.69, 9.17) is 4.74 Å². The summed E-state index contributed by atoms with van der Waals surface area (Å²) in [5, 5.41) is 3.28. The van der Waals surface area contributed by atoms with Gasteiger partial charge in [0.15, 0.2) is 0 Å². The zero-order valence-corrected chi connectivity index (χ0v) is 8.72. The molecule has 0 aromatic heterocycles. The summed E-state index contributed by atoms with van der Waals surface area (Å²) in [5.74, 6) is 0.420. The lowest BCUT2D eigenvalue weighted by Crippen LogP contribution is -2.49. The number of esters is 1. The second kappa shape index (κ2) is 4.09. The smallest absolute Gasteiger partial charge is 0.326 e. The fraction of sp³-hybridized carbons (Fsp3) is 0.900. The van der Waals surface area contributed by atoms with Crippen LogP contribution in [0, 0.1) is 5.92 Å². The maximum absolute atomic E-state index is 11.6. The van der Waals surface area contributed by atoms with Crippen molar-refractivity contribution in [1.29, 1.82) is 0 Å². The van der Waals surface area contributed by atoms with E-state index >= 15 is 0 Å². The Morgan fingerprint density at radius 1 is 1.62 bits per heavy atom. The number of carbonyl (C=O) groups is 1. The summed E-state index contributed by atoms with van der Waals surface area (Å²) in [4.78, 5) is 11.6. The predicted molar refractivity (Wildman–Crippen MR) is 51.4 cm³/mol. The number of rotatable bonds is 3. The van der Waals surface area contributed by atoms with Crippen molar-refractivity contribution in [2.75, 3.05) is 13.7 Å². The van der Waals surface area contributed by atoms with Crippen molar-refractivity contribution in [3.63, 3.8) is 0 Å². The minimum Gasteiger partial charge on any atom is -0.468 e. The topological polar surface area (TPSA) is 38.3 Å². The van der Waals surface area contributed by atoms with Crippen molar-refractivity contribution in [2.45, 2.75) is 38.6 Å². The van der Waals surface area contributed by atoms with Gasteiger partial charge >= 0.3 is 5.97 Å². The van der Waals surface area contributed by atoms with Crippen LogP contribution in [0.15, 0.2) is 0 Å². The number of nitrogens with one attached hydrogen (secondary N) is 1. The minimum absolute atomic E-state index is 0.0984. The van der Waals surface area contributed by atoms with Crippen molar-refractivity contribution >= 4 is 5.97 Å². The molecule has 0 spiro atoms. The molecule has 1 saturated heterocycles. The summed E-state index contributed by atoms with van der Waals surface area (Å²) in [6.07, 6.45) is 2.86. The Morgan fingerprint density at radius 3 is 2.69 bits per heavy atom. The van der Waals surface area contributed by atoms with Crippen molar-refractivity contribution in [3.05, 3.63) is 0 Å². The fourth-order valence-electron chi connectivity index (χ4n) is 2.13. The van der Waals surface area contributed by atoms with Gasteiger partial charge < -0.3 is 10.1 Å². The van der Waals surface area contributed by atoms with Gasteiger partial charge in [0.2, 0.25) is 0 Å². The zero-order chi connectivity index (χ0) is 9.90. The van der Waals surface area contributed by atoms with Crippen LogP contribution < -0.4 is 5.32 Å². The first-order valence-electron chi connectivity index (χ1n) is 4.94. The van der Waals surface area contributed by atoms with Crippen LogP contribution in [-0.2, 0) is 9.53 Å². The third kappa shape index (κ3) is 2.21. The molecule has 13 heavy (non-hydrogen) atoms. The highest BCUT2D eigenvalue weighted by Gasteiger charge is 2.42. The summed E-state index contributed by atoms with van der Waals surface area (Å²) in [6, 6.07) is 0. The molecule has 1 heterocycles. The molecule has 1 N–H and O–H groups in total. The van der Waals surface area contributed by atoms with Crippen LogP contribution in [-0.4, -0.2) is 25.2 Å². The van der Waals surface area contributed by atoms with E-state index in [-0.39, 0.29) is 11.5 Å². The Bertz CT molecular complexity index is 183. The SMILES string of the molecule is COC(=O)C1(CC(C)C)CCCN1. The van der Waals surface area contributed by atoms with E-state index in [1.165, 1.54) is 7.11 Å². The molecular formula is C10H19NO2. The molecule has 3 heteroatoms. The van der Waals surface area contributed by atoms with Gasteiger partial charge in [-0.25, -0.2) is 0 Å². The third-order valence-electron chi connectivity index (χ3n) is 2.58. The molecule has 0 aromatic rings. The molecule has 3 nitrogen and oxygen atoms in total. The molecule has 0 bridgehead atoms. The highest BCUT2D eigenvalue weighted by molar-refractivity contribution is 5.81. The van der Waals surface area contributed by atoms with E-state index in [0.717, 1.165) is 25.8 Å². The van der Waals surface area contributed by atoms with E-state index < -0.39 is 0 Å². The quantitative estimate of drug-likeness (QED) is 0.674. The second-order valence-electron chi connectivity index (χ2n) is 4.20. The summed E-state index contributed by atoms with van der Waals surface area (Å²) in [6.45, 7) is 5.19. The van der Waals surface area contributed by atoms with Gasteiger partial charge in [-0.05, 0) is 31.7 Å². The van der Waals surface area contributed by atoms with Gasteiger partial charge in [-0.3, -0.25) is 4.79 Å². The molecule has 1 atom stereocenters. The molecule has 1 aliphatic rings. The second-order valence-corrected chi connectivity index (χ2v) is 4.20. The number of hydrogen-bond acceptors (Lipinski definition) is 3. The van der Waals surface area contributed by atoms with E-state index in [2.05, 4.69) is 19.2 Å². The van der Waals surface area contributed by atoms with Crippen molar-refractivity contribution in [1.82, 2.24) is 5.32 Å². The Labute approximate surface area is 79.8 Å². The maximum Gasteiger partial charge on any atom is 0.326 e. The molecule has 76 valence electrons. The first-order chi connectivity index (χ1) is 6.10. The van der Waals surface area contributed by atoms with Crippen molar-refractivity contribution in [2.24, 2.45) is 5.92 Å². The van der Waals surface area contributed by atoms with Crippen LogP contribution >= 0.6 is 0 Å². The highest BCUT2D eigenvalue weighted by atomic mass is 16.5. The van der Waals surface area contributed by atoms with Gasteiger partial charge in [0, 0.05) is 0 Å². The van der Waals surface area contributed by atoms with Crippen LogP contribution in [0.2, 0.25) is 0 Å². The first-order valence-corrected chi connectivity index (χ1v) is 4.94. The van der Waals surface area contributed by atoms with Crippen LogP contribution in [0.3, 0.4) is 0 Å². The summed E-state index contributed by atoms with van der Waals surface area (Å²) >= 11 is 0. The molecule has 1 unspecified atom stereocenters. The normalized spacial score (nSPS) is 28.0. The Hall–Kier alpha value is -0.570. The average Bonchev–Trinajstić information content (AvgIpc) is 2.51. The number of hydrogen-bond donors (Lipinski definition) is 1. The third-order valence-corrected chi connectivity index (χ3v) is 2.58. The van der Waals surface area contributed by atoms with Crippen molar-refractivity contribution in [3.8, 4) is 0 Å². The Balaban J connectivity index is 2.68. The van der Waals surface area contributed by atoms with E-state index in [9.17, 15) is 4.79 Å². The average molecular weight is 185 g/mol. The molecule has 1 fully saturated rings. The number of methoxy groups -OCH3 is 1. The lowest BCUT2D eigenvalue weighted by molar-refractivity contribution is -0.148. The number of ether oxygens (including phenoxy) is 1. The van der Waals surface area contributed by atoms with Gasteiger partial charge in [-0.1, -0.05) is 13.8 Å². The Morgan fingerprint density at radius 2 is 2.31 bits per heavy atom. The van der Waals surface area contributed by atoms with Crippen LogP contribution in [0.5, 0.6) is 0 Å². The lowest BCUT2D eigenvalue weighted by atomic mass is 9.87. The molecule has 0 aliphatic carbocycles. The maximum atomic E-state index is 11.6. The van der Waals surface area contributed by atoms with Crippen LogP contribution in [0.25, 0.3) is 0 Å². The van der Waals surface area contributed by atoms with E-state index in [0.29, 0.717) is 5.92 Å². The lowest BCUT2D eigenvalue weighted by Gasteiger charge is -2.28. The standard InChI is InChI=1S/C10H19NO2/c1-8(2)7-10(9(12)13-3)5-4-6-11-10/h8,11H,4-7H2,1-3H3. The molecule has 1 rings (SSSR count). The van der Waals surface area contributed by atoms with Crippen molar-refractivity contribution < 1.29 is 9.53 Å². The van der Waals surface area contributed by atoms with E-state index in [1.54, 1.807) is 0 Å². The molecule has 0 amide bonds. The van der Waals surface area contributed by atoms with Gasteiger partial charge in [0.25, 0.3) is 0 Å².